The van der Waals surface area contributed by atoms with Crippen LogP contribution in [0.4, 0.5) is 0 Å². The van der Waals surface area contributed by atoms with E-state index in [0.29, 0.717) is 22.9 Å². The summed E-state index contributed by atoms with van der Waals surface area (Å²) < 4.78 is 29.0. The average Bonchev–Trinajstić information content (AvgIpc) is 2.35. The molecule has 0 radical (unpaired) electrons. The van der Waals surface area contributed by atoms with Crippen LogP contribution < -0.4 is 4.74 Å². The number of benzene rings is 1. The molecule has 0 saturated heterocycles. The van der Waals surface area contributed by atoms with Crippen LogP contribution in [0.25, 0.3) is 0 Å². The maximum atomic E-state index is 12.0. The van der Waals surface area contributed by atoms with Gasteiger partial charge in [-0.05, 0) is 31.0 Å². The number of halogens is 1. The van der Waals surface area contributed by atoms with Gasteiger partial charge in [0, 0.05) is 5.88 Å². The smallest absolute Gasteiger partial charge is 0.178 e. The van der Waals surface area contributed by atoms with Crippen LogP contribution in [0.3, 0.4) is 0 Å². The van der Waals surface area contributed by atoms with Crippen LogP contribution in [0.2, 0.25) is 0 Å². The van der Waals surface area contributed by atoms with E-state index in [1.165, 1.54) is 7.11 Å². The maximum absolute atomic E-state index is 12.0. The number of alkyl halides is 1. The average molecular weight is 277 g/mol. The van der Waals surface area contributed by atoms with Gasteiger partial charge in [-0.1, -0.05) is 12.5 Å². The minimum atomic E-state index is -3.20. The van der Waals surface area contributed by atoms with Gasteiger partial charge in [-0.15, -0.1) is 11.6 Å². The molecule has 0 aliphatic carbocycles. The van der Waals surface area contributed by atoms with Crippen LogP contribution in [0, 0.1) is 0 Å². The second kappa shape index (κ2) is 6.87. The molecule has 96 valence electrons. The molecule has 0 N–H and O–H groups in total. The predicted octanol–water partition coefficient (Wildman–Crippen LogP) is 2.88. The zero-order valence-electron chi connectivity index (χ0n) is 9.86. The third-order valence-electron chi connectivity index (χ3n) is 2.45. The summed E-state index contributed by atoms with van der Waals surface area (Å²) in [6, 6.07) is 6.56. The van der Waals surface area contributed by atoms with Gasteiger partial charge in [0.25, 0.3) is 0 Å². The van der Waals surface area contributed by atoms with E-state index in [9.17, 15) is 8.42 Å². The Morgan fingerprint density at radius 2 is 2.00 bits per heavy atom. The van der Waals surface area contributed by atoms with Crippen molar-refractivity contribution in [3.8, 4) is 5.75 Å². The first-order valence-electron chi connectivity index (χ1n) is 5.53. The third kappa shape index (κ3) is 4.56. The summed E-state index contributed by atoms with van der Waals surface area (Å²) in [7, 11) is -1.68. The molecule has 0 bridgehead atoms. The van der Waals surface area contributed by atoms with Crippen molar-refractivity contribution in [2.24, 2.45) is 0 Å². The number of methoxy groups -OCH3 is 1. The molecule has 3 nitrogen and oxygen atoms in total. The molecular formula is C12H17ClO3S. The molecule has 0 saturated carbocycles. The highest BCUT2D eigenvalue weighted by Crippen LogP contribution is 2.19. The minimum absolute atomic E-state index is 0.164. The van der Waals surface area contributed by atoms with Crippen molar-refractivity contribution in [1.82, 2.24) is 0 Å². The topological polar surface area (TPSA) is 43.4 Å². The highest BCUT2D eigenvalue weighted by molar-refractivity contribution is 7.91. The van der Waals surface area contributed by atoms with Crippen molar-refractivity contribution in [3.63, 3.8) is 0 Å². The molecule has 0 atom stereocenters. The Hall–Kier alpha value is -0.740. The number of hydrogen-bond acceptors (Lipinski definition) is 3. The van der Waals surface area contributed by atoms with Gasteiger partial charge in [0.2, 0.25) is 0 Å². The monoisotopic (exact) mass is 276 g/mol. The lowest BCUT2D eigenvalue weighted by molar-refractivity contribution is 0.413. The number of hydrogen-bond donors (Lipinski definition) is 0. The molecule has 0 fully saturated rings. The second-order valence-electron chi connectivity index (χ2n) is 3.75. The summed E-state index contributed by atoms with van der Waals surface area (Å²) >= 11 is 5.54. The van der Waals surface area contributed by atoms with E-state index in [0.717, 1.165) is 12.8 Å². The molecule has 0 amide bonds. The van der Waals surface area contributed by atoms with Gasteiger partial charge in [0.1, 0.15) is 5.75 Å². The SMILES string of the molecule is COc1cccc(S(=O)(=O)CCCCCCl)c1. The first kappa shape index (κ1) is 14.3. The predicted molar refractivity (Wildman–Crippen MR) is 69.6 cm³/mol. The molecular weight excluding hydrogens is 260 g/mol. The lowest BCUT2D eigenvalue weighted by Gasteiger charge is -2.06. The third-order valence-corrected chi connectivity index (χ3v) is 4.51. The van der Waals surface area contributed by atoms with Crippen molar-refractivity contribution in [3.05, 3.63) is 24.3 Å². The van der Waals surface area contributed by atoms with Crippen molar-refractivity contribution < 1.29 is 13.2 Å². The largest absolute Gasteiger partial charge is 0.497 e. The Labute approximate surface area is 108 Å². The fourth-order valence-corrected chi connectivity index (χ4v) is 3.07. The van der Waals surface area contributed by atoms with Gasteiger partial charge in [-0.2, -0.15) is 0 Å². The molecule has 0 aromatic heterocycles. The van der Waals surface area contributed by atoms with E-state index in [-0.39, 0.29) is 5.75 Å². The van der Waals surface area contributed by atoms with Crippen molar-refractivity contribution in [2.45, 2.75) is 24.2 Å². The Kier molecular flexibility index (Phi) is 5.78. The van der Waals surface area contributed by atoms with Crippen LogP contribution in [-0.2, 0) is 9.84 Å². The molecule has 5 heteroatoms. The summed E-state index contributed by atoms with van der Waals surface area (Å²) in [6.07, 6.45) is 2.34. The Bertz CT molecular complexity index is 443. The molecule has 0 heterocycles. The first-order valence-corrected chi connectivity index (χ1v) is 7.71. The summed E-state index contributed by atoms with van der Waals surface area (Å²) in [5.41, 5.74) is 0. The van der Waals surface area contributed by atoms with Gasteiger partial charge in [-0.25, -0.2) is 8.42 Å². The number of sulfone groups is 1. The molecule has 0 aliphatic heterocycles. The summed E-state index contributed by atoms with van der Waals surface area (Å²) in [5.74, 6) is 1.31. The zero-order valence-corrected chi connectivity index (χ0v) is 11.4. The lowest BCUT2D eigenvalue weighted by atomic mass is 10.3. The zero-order chi connectivity index (χ0) is 12.7. The van der Waals surface area contributed by atoms with Crippen LogP contribution in [0.5, 0.6) is 5.75 Å². The highest BCUT2D eigenvalue weighted by Gasteiger charge is 2.14. The van der Waals surface area contributed by atoms with Gasteiger partial charge >= 0.3 is 0 Å². The highest BCUT2D eigenvalue weighted by atomic mass is 35.5. The molecule has 0 unspecified atom stereocenters. The fourth-order valence-electron chi connectivity index (χ4n) is 1.48. The standard InChI is InChI=1S/C12H17ClO3S/c1-16-11-6-5-7-12(10-11)17(14,15)9-4-2-3-8-13/h5-7,10H,2-4,8-9H2,1H3. The molecule has 1 aromatic carbocycles. The van der Waals surface area contributed by atoms with E-state index in [2.05, 4.69) is 0 Å². The van der Waals surface area contributed by atoms with Gasteiger partial charge in [0.05, 0.1) is 17.8 Å². The summed E-state index contributed by atoms with van der Waals surface area (Å²) in [4.78, 5) is 0.322. The van der Waals surface area contributed by atoms with Crippen LogP contribution >= 0.6 is 11.6 Å². The van der Waals surface area contributed by atoms with Crippen LogP contribution in [0.1, 0.15) is 19.3 Å². The van der Waals surface area contributed by atoms with Gasteiger partial charge in [0.15, 0.2) is 9.84 Å². The molecule has 0 spiro atoms. The number of rotatable bonds is 7. The maximum Gasteiger partial charge on any atom is 0.178 e. The summed E-state index contributed by atoms with van der Waals surface area (Å²) in [5, 5.41) is 0. The molecule has 17 heavy (non-hydrogen) atoms. The van der Waals surface area contributed by atoms with Crippen molar-refractivity contribution >= 4 is 21.4 Å². The number of ether oxygens (including phenoxy) is 1. The van der Waals surface area contributed by atoms with Crippen molar-refractivity contribution in [1.29, 1.82) is 0 Å². The molecule has 1 rings (SSSR count). The molecule has 0 aliphatic rings. The quantitative estimate of drug-likeness (QED) is 0.568. The first-order chi connectivity index (χ1) is 8.10. The summed E-state index contributed by atoms with van der Waals surface area (Å²) in [6.45, 7) is 0. The van der Waals surface area contributed by atoms with Crippen LogP contribution in [-0.4, -0.2) is 27.2 Å². The van der Waals surface area contributed by atoms with E-state index in [1.807, 2.05) is 0 Å². The van der Waals surface area contributed by atoms with Gasteiger partial charge in [-0.3, -0.25) is 0 Å². The normalized spacial score (nSPS) is 11.4. The molecule has 1 aromatic rings. The van der Waals surface area contributed by atoms with E-state index in [4.69, 9.17) is 16.3 Å². The Morgan fingerprint density at radius 1 is 1.24 bits per heavy atom. The number of unbranched alkanes of at least 4 members (excludes halogenated alkanes) is 2. The fraction of sp³-hybridized carbons (Fsp3) is 0.500. The van der Waals surface area contributed by atoms with Gasteiger partial charge < -0.3 is 4.74 Å². The second-order valence-corrected chi connectivity index (χ2v) is 6.23. The van der Waals surface area contributed by atoms with Crippen LogP contribution in [0.15, 0.2) is 29.2 Å². The van der Waals surface area contributed by atoms with E-state index < -0.39 is 9.84 Å². The lowest BCUT2D eigenvalue weighted by Crippen LogP contribution is -2.07. The van der Waals surface area contributed by atoms with Crippen molar-refractivity contribution in [2.75, 3.05) is 18.7 Å². The minimum Gasteiger partial charge on any atom is -0.497 e. The Balaban J connectivity index is 2.68. The van der Waals surface area contributed by atoms with E-state index in [1.54, 1.807) is 24.3 Å². The van der Waals surface area contributed by atoms with E-state index >= 15 is 0 Å². The Morgan fingerprint density at radius 3 is 2.65 bits per heavy atom.